The van der Waals surface area contributed by atoms with Gasteiger partial charge in [-0.3, -0.25) is 4.79 Å². The molecule has 2 aromatic rings. The highest BCUT2D eigenvalue weighted by atomic mass is 16.5. The molecule has 1 atom stereocenters. The summed E-state index contributed by atoms with van der Waals surface area (Å²) in [5.74, 6) is 0.0500. The maximum atomic E-state index is 12.4. The molecule has 2 saturated heterocycles. The van der Waals surface area contributed by atoms with Crippen LogP contribution in [0.25, 0.3) is 0 Å². The quantitative estimate of drug-likeness (QED) is 0.823. The molecule has 0 unspecified atom stereocenters. The molecule has 2 aliphatic rings. The second kappa shape index (κ2) is 6.36. The number of hydrogen-bond acceptors (Lipinski definition) is 7. The zero-order chi connectivity index (χ0) is 17.3. The lowest BCUT2D eigenvalue weighted by molar-refractivity contribution is -0.174. The van der Waals surface area contributed by atoms with Gasteiger partial charge in [-0.2, -0.15) is 0 Å². The molecule has 130 valence electrons. The van der Waals surface area contributed by atoms with Gasteiger partial charge in [-0.15, -0.1) is 0 Å². The van der Waals surface area contributed by atoms with Crippen LogP contribution in [0.15, 0.2) is 30.7 Å². The SMILES string of the molecule is Cc1ccnc(O[C@H]2CCOC3(C2)CN(C(=O)c2ncccn2)C3)n1. The number of carbonyl (C=O) groups excluding carboxylic acids is 1. The van der Waals surface area contributed by atoms with E-state index in [4.69, 9.17) is 9.47 Å². The highest BCUT2D eigenvalue weighted by molar-refractivity contribution is 5.91. The minimum atomic E-state index is -0.350. The molecule has 2 aliphatic heterocycles. The van der Waals surface area contributed by atoms with Crippen LogP contribution < -0.4 is 4.74 Å². The Balaban J connectivity index is 1.37. The fraction of sp³-hybridized carbons (Fsp3) is 0.471. The van der Waals surface area contributed by atoms with Crippen LogP contribution in [0.2, 0.25) is 0 Å². The molecule has 4 heterocycles. The number of rotatable bonds is 3. The van der Waals surface area contributed by atoms with Gasteiger partial charge in [-0.25, -0.2) is 19.9 Å². The van der Waals surface area contributed by atoms with Crippen molar-refractivity contribution in [1.29, 1.82) is 0 Å². The highest BCUT2D eigenvalue weighted by Crippen LogP contribution is 2.35. The molecule has 0 bridgehead atoms. The molecule has 4 rings (SSSR count). The maximum absolute atomic E-state index is 12.4. The van der Waals surface area contributed by atoms with Gasteiger partial charge in [0, 0.05) is 37.1 Å². The smallest absolute Gasteiger partial charge is 0.316 e. The Morgan fingerprint density at radius 2 is 2.08 bits per heavy atom. The van der Waals surface area contributed by atoms with E-state index in [1.54, 1.807) is 29.6 Å². The predicted octanol–water partition coefficient (Wildman–Crippen LogP) is 1.03. The standard InChI is InChI=1S/C17H19N5O3/c1-12-3-7-20-16(21-12)25-13-4-8-24-17(9-13)10-22(11-17)15(23)14-18-5-2-6-19-14/h2-3,5-7,13H,4,8-11H2,1H3/t13-/m0/s1. The first-order chi connectivity index (χ1) is 12.1. The minimum absolute atomic E-state index is 0.0132. The van der Waals surface area contributed by atoms with E-state index in [2.05, 4.69) is 19.9 Å². The van der Waals surface area contributed by atoms with Crippen molar-refractivity contribution in [2.24, 2.45) is 0 Å². The number of amides is 1. The van der Waals surface area contributed by atoms with Gasteiger partial charge in [-0.1, -0.05) is 0 Å². The van der Waals surface area contributed by atoms with E-state index in [1.807, 2.05) is 13.0 Å². The summed E-state index contributed by atoms with van der Waals surface area (Å²) in [5.41, 5.74) is 0.520. The molecular weight excluding hydrogens is 322 g/mol. The minimum Gasteiger partial charge on any atom is -0.460 e. The van der Waals surface area contributed by atoms with Crippen LogP contribution in [0, 0.1) is 6.92 Å². The van der Waals surface area contributed by atoms with E-state index in [0.29, 0.717) is 32.1 Å². The number of hydrogen-bond donors (Lipinski definition) is 0. The van der Waals surface area contributed by atoms with Crippen molar-refractivity contribution in [1.82, 2.24) is 24.8 Å². The third-order valence-electron chi connectivity index (χ3n) is 4.49. The number of likely N-dealkylation sites (tertiary alicyclic amines) is 1. The Hall–Kier alpha value is -2.61. The molecule has 0 aromatic carbocycles. The fourth-order valence-electron chi connectivity index (χ4n) is 3.28. The van der Waals surface area contributed by atoms with Crippen LogP contribution in [0.4, 0.5) is 0 Å². The van der Waals surface area contributed by atoms with E-state index >= 15 is 0 Å². The number of ether oxygens (including phenoxy) is 2. The van der Waals surface area contributed by atoms with Gasteiger partial charge < -0.3 is 14.4 Å². The van der Waals surface area contributed by atoms with Gasteiger partial charge in [0.25, 0.3) is 5.91 Å². The summed E-state index contributed by atoms with van der Waals surface area (Å²) in [6.07, 6.45) is 6.31. The first kappa shape index (κ1) is 15.9. The summed E-state index contributed by atoms with van der Waals surface area (Å²) >= 11 is 0. The molecular formula is C17H19N5O3. The molecule has 0 aliphatic carbocycles. The van der Waals surface area contributed by atoms with Gasteiger partial charge >= 0.3 is 6.01 Å². The first-order valence-corrected chi connectivity index (χ1v) is 8.30. The van der Waals surface area contributed by atoms with Crippen molar-refractivity contribution in [3.8, 4) is 6.01 Å². The van der Waals surface area contributed by atoms with Crippen molar-refractivity contribution >= 4 is 5.91 Å². The molecule has 1 spiro atoms. The predicted molar refractivity (Wildman–Crippen MR) is 87.0 cm³/mol. The second-order valence-corrected chi connectivity index (χ2v) is 6.48. The third-order valence-corrected chi connectivity index (χ3v) is 4.49. The number of carbonyl (C=O) groups is 1. The van der Waals surface area contributed by atoms with E-state index in [1.165, 1.54) is 0 Å². The molecule has 0 radical (unpaired) electrons. The van der Waals surface area contributed by atoms with Crippen molar-refractivity contribution in [2.75, 3.05) is 19.7 Å². The fourth-order valence-corrected chi connectivity index (χ4v) is 3.28. The zero-order valence-electron chi connectivity index (χ0n) is 14.0. The summed E-state index contributed by atoms with van der Waals surface area (Å²) in [6, 6.07) is 3.92. The van der Waals surface area contributed by atoms with Crippen molar-refractivity contribution in [3.63, 3.8) is 0 Å². The van der Waals surface area contributed by atoms with Crippen LogP contribution in [-0.4, -0.2) is 62.1 Å². The normalized spacial score (nSPS) is 21.6. The Bertz CT molecular complexity index is 764. The van der Waals surface area contributed by atoms with Gasteiger partial charge in [0.2, 0.25) is 5.82 Å². The van der Waals surface area contributed by atoms with Gasteiger partial charge in [0.15, 0.2) is 0 Å². The van der Waals surface area contributed by atoms with Crippen molar-refractivity contribution in [3.05, 3.63) is 42.2 Å². The summed E-state index contributed by atoms with van der Waals surface area (Å²) in [6.45, 7) is 3.55. The summed E-state index contributed by atoms with van der Waals surface area (Å²) in [5, 5.41) is 0. The number of nitrogens with zero attached hydrogens (tertiary/aromatic N) is 5. The molecule has 2 fully saturated rings. The molecule has 0 N–H and O–H groups in total. The van der Waals surface area contributed by atoms with E-state index in [-0.39, 0.29) is 23.4 Å². The molecule has 8 nitrogen and oxygen atoms in total. The average molecular weight is 341 g/mol. The van der Waals surface area contributed by atoms with E-state index in [9.17, 15) is 4.79 Å². The third kappa shape index (κ3) is 3.30. The van der Waals surface area contributed by atoms with Crippen LogP contribution in [0.1, 0.15) is 29.2 Å². The lowest BCUT2D eigenvalue weighted by Crippen LogP contribution is -2.67. The van der Waals surface area contributed by atoms with Crippen LogP contribution >= 0.6 is 0 Å². The van der Waals surface area contributed by atoms with Gasteiger partial charge in [-0.05, 0) is 19.1 Å². The van der Waals surface area contributed by atoms with Crippen molar-refractivity contribution < 1.29 is 14.3 Å². The summed E-state index contributed by atoms with van der Waals surface area (Å²) < 4.78 is 11.9. The first-order valence-electron chi connectivity index (χ1n) is 8.30. The zero-order valence-corrected chi connectivity index (χ0v) is 14.0. The summed E-state index contributed by atoms with van der Waals surface area (Å²) in [4.78, 5) is 30.5. The van der Waals surface area contributed by atoms with E-state index < -0.39 is 0 Å². The Morgan fingerprint density at radius 3 is 2.84 bits per heavy atom. The van der Waals surface area contributed by atoms with E-state index in [0.717, 1.165) is 12.1 Å². The molecule has 25 heavy (non-hydrogen) atoms. The molecule has 8 heteroatoms. The number of aryl methyl sites for hydroxylation is 1. The molecule has 1 amide bonds. The van der Waals surface area contributed by atoms with Crippen LogP contribution in [0.5, 0.6) is 6.01 Å². The Morgan fingerprint density at radius 1 is 1.28 bits per heavy atom. The van der Waals surface area contributed by atoms with Crippen molar-refractivity contribution in [2.45, 2.75) is 31.5 Å². The average Bonchev–Trinajstić information content (AvgIpc) is 2.60. The largest absolute Gasteiger partial charge is 0.460 e. The van der Waals surface area contributed by atoms with Gasteiger partial charge in [0.05, 0.1) is 19.7 Å². The lowest BCUT2D eigenvalue weighted by Gasteiger charge is -2.52. The maximum Gasteiger partial charge on any atom is 0.316 e. The molecule has 0 saturated carbocycles. The highest BCUT2D eigenvalue weighted by Gasteiger charge is 2.50. The summed E-state index contributed by atoms with van der Waals surface area (Å²) in [7, 11) is 0. The van der Waals surface area contributed by atoms with Crippen LogP contribution in [0.3, 0.4) is 0 Å². The Labute approximate surface area is 145 Å². The van der Waals surface area contributed by atoms with Gasteiger partial charge in [0.1, 0.15) is 11.7 Å². The molecule has 2 aromatic heterocycles. The topological polar surface area (TPSA) is 90.3 Å². The Kier molecular flexibility index (Phi) is 4.04. The second-order valence-electron chi connectivity index (χ2n) is 6.48. The monoisotopic (exact) mass is 341 g/mol. The number of aromatic nitrogens is 4. The van der Waals surface area contributed by atoms with Crippen LogP contribution in [-0.2, 0) is 4.74 Å². The lowest BCUT2D eigenvalue weighted by atomic mass is 9.84.